The van der Waals surface area contributed by atoms with Crippen LogP contribution in [0.2, 0.25) is 0 Å². The van der Waals surface area contributed by atoms with E-state index >= 15 is 0 Å². The van der Waals surface area contributed by atoms with Crippen molar-refractivity contribution in [3.8, 4) is 11.3 Å². The number of rotatable bonds is 5. The Morgan fingerprint density at radius 2 is 1.81 bits per heavy atom. The standard InChI is InChI=1S/C19H15FN4O3/c20-14-7-3-1-5-12(14)16-9-18(26)24(11-22-16)10-17(25)23-15-8-4-2-6-13(15)19(21)27/h1-9,11H,10H2,(H2,21,27)(H,23,25). The summed E-state index contributed by atoms with van der Waals surface area (Å²) in [6, 6.07) is 13.4. The first kappa shape index (κ1) is 18.0. The zero-order valence-electron chi connectivity index (χ0n) is 14.1. The van der Waals surface area contributed by atoms with Crippen molar-refractivity contribution >= 4 is 17.5 Å². The molecule has 0 unspecified atom stereocenters. The molecule has 0 radical (unpaired) electrons. The minimum absolute atomic E-state index is 0.159. The molecule has 1 aromatic heterocycles. The van der Waals surface area contributed by atoms with E-state index in [1.54, 1.807) is 18.2 Å². The van der Waals surface area contributed by atoms with E-state index in [4.69, 9.17) is 5.73 Å². The Balaban J connectivity index is 1.79. The van der Waals surface area contributed by atoms with Crippen molar-refractivity contribution in [2.45, 2.75) is 6.54 Å². The summed E-state index contributed by atoms with van der Waals surface area (Å²) in [5.74, 6) is -1.71. The number of hydrogen-bond acceptors (Lipinski definition) is 4. The first-order chi connectivity index (χ1) is 13.0. The van der Waals surface area contributed by atoms with Crippen molar-refractivity contribution in [3.63, 3.8) is 0 Å². The van der Waals surface area contributed by atoms with Crippen molar-refractivity contribution in [1.82, 2.24) is 9.55 Å². The molecule has 2 amide bonds. The van der Waals surface area contributed by atoms with Crippen LogP contribution < -0.4 is 16.6 Å². The van der Waals surface area contributed by atoms with E-state index in [9.17, 15) is 18.8 Å². The Labute approximate surface area is 153 Å². The number of primary amides is 1. The fourth-order valence-corrected chi connectivity index (χ4v) is 2.51. The predicted molar refractivity (Wildman–Crippen MR) is 97.5 cm³/mol. The van der Waals surface area contributed by atoms with E-state index in [1.165, 1.54) is 36.7 Å². The average molecular weight is 366 g/mol. The van der Waals surface area contributed by atoms with Gasteiger partial charge in [0.1, 0.15) is 12.4 Å². The van der Waals surface area contributed by atoms with Crippen molar-refractivity contribution in [2.75, 3.05) is 5.32 Å². The number of carbonyl (C=O) groups excluding carboxylic acids is 2. The lowest BCUT2D eigenvalue weighted by molar-refractivity contribution is -0.116. The maximum Gasteiger partial charge on any atom is 0.254 e. The van der Waals surface area contributed by atoms with Crippen molar-refractivity contribution in [2.24, 2.45) is 5.73 Å². The molecule has 0 aliphatic heterocycles. The average Bonchev–Trinajstić information content (AvgIpc) is 2.64. The van der Waals surface area contributed by atoms with Gasteiger partial charge in [0.25, 0.3) is 11.5 Å². The summed E-state index contributed by atoms with van der Waals surface area (Å²) in [7, 11) is 0. The van der Waals surface area contributed by atoms with Crippen LogP contribution in [0.3, 0.4) is 0 Å². The van der Waals surface area contributed by atoms with Gasteiger partial charge in [-0.3, -0.25) is 19.0 Å². The third kappa shape index (κ3) is 4.06. The Kier molecular flexibility index (Phi) is 5.07. The van der Waals surface area contributed by atoms with Gasteiger partial charge in [-0.05, 0) is 24.3 Å². The highest BCUT2D eigenvalue weighted by Gasteiger charge is 2.12. The molecule has 8 heteroatoms. The van der Waals surface area contributed by atoms with E-state index in [0.29, 0.717) is 0 Å². The summed E-state index contributed by atoms with van der Waals surface area (Å²) in [5.41, 5.74) is 5.53. The van der Waals surface area contributed by atoms with Gasteiger partial charge >= 0.3 is 0 Å². The summed E-state index contributed by atoms with van der Waals surface area (Å²) in [6.07, 6.45) is 1.17. The number of anilines is 1. The number of aromatic nitrogens is 2. The van der Waals surface area contributed by atoms with Gasteiger partial charge in [-0.25, -0.2) is 9.37 Å². The normalized spacial score (nSPS) is 10.4. The zero-order valence-corrected chi connectivity index (χ0v) is 14.1. The molecule has 0 aliphatic carbocycles. The number of nitrogens with zero attached hydrogens (tertiary/aromatic N) is 2. The fourth-order valence-electron chi connectivity index (χ4n) is 2.51. The highest BCUT2D eigenvalue weighted by molar-refractivity contribution is 6.02. The summed E-state index contributed by atoms with van der Waals surface area (Å²) in [5, 5.41) is 2.54. The van der Waals surface area contributed by atoms with Crippen LogP contribution in [-0.2, 0) is 11.3 Å². The molecule has 0 saturated heterocycles. The highest BCUT2D eigenvalue weighted by atomic mass is 19.1. The molecule has 1 heterocycles. The number of hydrogen-bond donors (Lipinski definition) is 2. The Hall–Kier alpha value is -3.81. The van der Waals surface area contributed by atoms with Gasteiger partial charge < -0.3 is 11.1 Å². The molecule has 0 bridgehead atoms. The van der Waals surface area contributed by atoms with Gasteiger partial charge in [-0.15, -0.1) is 0 Å². The fraction of sp³-hybridized carbons (Fsp3) is 0.0526. The maximum atomic E-state index is 13.8. The number of nitrogens with two attached hydrogens (primary N) is 1. The second-order valence-corrected chi connectivity index (χ2v) is 5.68. The van der Waals surface area contributed by atoms with Gasteiger partial charge in [0, 0.05) is 11.6 Å². The molecule has 0 atom stereocenters. The lowest BCUT2D eigenvalue weighted by atomic mass is 10.1. The van der Waals surface area contributed by atoms with Crippen LogP contribution in [0.1, 0.15) is 10.4 Å². The predicted octanol–water partition coefficient (Wildman–Crippen LogP) is 1.79. The summed E-state index contributed by atoms with van der Waals surface area (Å²) < 4.78 is 14.9. The monoisotopic (exact) mass is 366 g/mol. The van der Waals surface area contributed by atoms with Gasteiger partial charge in [-0.2, -0.15) is 0 Å². The molecule has 7 nitrogen and oxygen atoms in total. The van der Waals surface area contributed by atoms with Crippen molar-refractivity contribution in [1.29, 1.82) is 0 Å². The third-order valence-electron chi connectivity index (χ3n) is 3.81. The van der Waals surface area contributed by atoms with Crippen LogP contribution in [0.5, 0.6) is 0 Å². The molecule has 27 heavy (non-hydrogen) atoms. The highest BCUT2D eigenvalue weighted by Crippen LogP contribution is 2.18. The molecule has 0 saturated carbocycles. The molecule has 0 aliphatic rings. The van der Waals surface area contributed by atoms with E-state index in [-0.39, 0.29) is 29.1 Å². The second-order valence-electron chi connectivity index (χ2n) is 5.68. The van der Waals surface area contributed by atoms with Crippen LogP contribution in [0, 0.1) is 5.82 Å². The Morgan fingerprint density at radius 1 is 1.11 bits per heavy atom. The molecule has 0 fully saturated rings. The summed E-state index contributed by atoms with van der Waals surface area (Å²) in [6.45, 7) is -0.323. The molecule has 136 valence electrons. The number of halogens is 1. The van der Waals surface area contributed by atoms with Crippen LogP contribution >= 0.6 is 0 Å². The van der Waals surface area contributed by atoms with E-state index in [2.05, 4.69) is 10.3 Å². The maximum absolute atomic E-state index is 13.8. The number of amides is 2. The third-order valence-corrected chi connectivity index (χ3v) is 3.81. The van der Waals surface area contributed by atoms with Gasteiger partial charge in [0.05, 0.1) is 23.3 Å². The Morgan fingerprint density at radius 3 is 2.52 bits per heavy atom. The first-order valence-electron chi connectivity index (χ1n) is 7.96. The van der Waals surface area contributed by atoms with Gasteiger partial charge in [-0.1, -0.05) is 24.3 Å². The topological polar surface area (TPSA) is 107 Å². The molecular formula is C19H15FN4O3. The molecule has 2 aromatic carbocycles. The molecule has 0 spiro atoms. The smallest absolute Gasteiger partial charge is 0.254 e. The summed E-state index contributed by atoms with van der Waals surface area (Å²) in [4.78, 5) is 39.9. The summed E-state index contributed by atoms with van der Waals surface area (Å²) >= 11 is 0. The van der Waals surface area contributed by atoms with Crippen LogP contribution in [-0.4, -0.2) is 21.4 Å². The van der Waals surface area contributed by atoms with Crippen molar-refractivity contribution in [3.05, 3.63) is 82.7 Å². The van der Waals surface area contributed by atoms with Crippen LogP contribution in [0.4, 0.5) is 10.1 Å². The quantitative estimate of drug-likeness (QED) is 0.718. The lowest BCUT2D eigenvalue weighted by Crippen LogP contribution is -2.28. The van der Waals surface area contributed by atoms with Crippen LogP contribution in [0.25, 0.3) is 11.3 Å². The van der Waals surface area contributed by atoms with Gasteiger partial charge in [0.15, 0.2) is 0 Å². The largest absolute Gasteiger partial charge is 0.366 e. The molecule has 3 rings (SSSR count). The van der Waals surface area contributed by atoms with E-state index < -0.39 is 23.2 Å². The first-order valence-corrected chi connectivity index (χ1v) is 7.96. The van der Waals surface area contributed by atoms with Crippen molar-refractivity contribution < 1.29 is 14.0 Å². The molecular weight excluding hydrogens is 351 g/mol. The number of carbonyl (C=O) groups is 2. The zero-order chi connectivity index (χ0) is 19.4. The van der Waals surface area contributed by atoms with E-state index in [1.807, 2.05) is 0 Å². The second kappa shape index (κ2) is 7.61. The SMILES string of the molecule is NC(=O)c1ccccc1NC(=O)Cn1cnc(-c2ccccc2F)cc1=O. The molecule has 3 aromatic rings. The van der Waals surface area contributed by atoms with Gasteiger partial charge in [0.2, 0.25) is 5.91 Å². The van der Waals surface area contributed by atoms with Crippen LogP contribution in [0.15, 0.2) is 65.7 Å². The number of nitrogens with one attached hydrogen (secondary N) is 1. The molecule has 3 N–H and O–H groups in total. The minimum atomic E-state index is -0.682. The van der Waals surface area contributed by atoms with E-state index in [0.717, 1.165) is 10.6 Å². The number of para-hydroxylation sites is 1. The lowest BCUT2D eigenvalue weighted by Gasteiger charge is -2.10. The Bertz CT molecular complexity index is 1080. The number of benzene rings is 2. The minimum Gasteiger partial charge on any atom is -0.366 e.